The Morgan fingerprint density at radius 2 is 1.45 bits per heavy atom. The van der Waals surface area contributed by atoms with E-state index in [1.807, 2.05) is 0 Å². The zero-order valence-electron chi connectivity index (χ0n) is 8.12. The molecule has 0 aromatic heterocycles. The number of quaternary nitrogens is 1. The molecule has 11 heavy (non-hydrogen) atoms. The van der Waals surface area contributed by atoms with Crippen LogP contribution < -0.4 is 17.3 Å². The molecule has 0 rings (SSSR count). The van der Waals surface area contributed by atoms with Crippen LogP contribution in [-0.4, -0.2) is 20.6 Å². The Labute approximate surface area is 77.6 Å². The average Bonchev–Trinajstić information content (AvgIpc) is 1.87. The average molecular weight is 180 g/mol. The SMILES string of the molecule is CCCCCCC[NH+](C)C.[Cl-]. The van der Waals surface area contributed by atoms with E-state index < -0.39 is 0 Å². The summed E-state index contributed by atoms with van der Waals surface area (Å²) >= 11 is 0. The third-order valence-electron chi connectivity index (χ3n) is 1.78. The zero-order chi connectivity index (χ0) is 7.82. The van der Waals surface area contributed by atoms with E-state index in [1.165, 1.54) is 38.6 Å². The van der Waals surface area contributed by atoms with Gasteiger partial charge < -0.3 is 17.3 Å². The van der Waals surface area contributed by atoms with Crippen LogP contribution in [0.3, 0.4) is 0 Å². The maximum Gasteiger partial charge on any atom is 0.0766 e. The number of rotatable bonds is 6. The highest BCUT2D eigenvalue weighted by molar-refractivity contribution is 4.39. The third kappa shape index (κ3) is 13.3. The van der Waals surface area contributed by atoms with Crippen LogP contribution in [0, 0.1) is 0 Å². The molecule has 2 heteroatoms. The second-order valence-corrected chi connectivity index (χ2v) is 3.37. The minimum atomic E-state index is 0. The molecule has 1 nitrogen and oxygen atoms in total. The molecule has 0 aromatic rings. The van der Waals surface area contributed by atoms with Crippen molar-refractivity contribution in [2.24, 2.45) is 0 Å². The Kier molecular flexibility index (Phi) is 12.9. The third-order valence-corrected chi connectivity index (χ3v) is 1.78. The highest BCUT2D eigenvalue weighted by Gasteiger charge is 1.92. The Balaban J connectivity index is 0. The second kappa shape index (κ2) is 10.2. The van der Waals surface area contributed by atoms with Crippen LogP contribution in [0.1, 0.15) is 39.0 Å². The molecule has 0 fully saturated rings. The van der Waals surface area contributed by atoms with Crippen LogP contribution in [0.5, 0.6) is 0 Å². The van der Waals surface area contributed by atoms with Gasteiger partial charge in [0.15, 0.2) is 0 Å². The molecule has 1 N–H and O–H groups in total. The number of nitrogens with one attached hydrogen (secondary N) is 1. The first-order valence-corrected chi connectivity index (χ1v) is 4.56. The van der Waals surface area contributed by atoms with Crippen LogP contribution in [0.15, 0.2) is 0 Å². The summed E-state index contributed by atoms with van der Waals surface area (Å²) in [6.45, 7) is 3.60. The highest BCUT2D eigenvalue weighted by Crippen LogP contribution is 2.00. The van der Waals surface area contributed by atoms with Gasteiger partial charge in [-0.25, -0.2) is 0 Å². The topological polar surface area (TPSA) is 4.44 Å². The van der Waals surface area contributed by atoms with Crippen molar-refractivity contribution in [1.82, 2.24) is 0 Å². The Morgan fingerprint density at radius 1 is 0.909 bits per heavy atom. The Hall–Kier alpha value is 0.250. The van der Waals surface area contributed by atoms with Crippen molar-refractivity contribution in [2.45, 2.75) is 39.0 Å². The summed E-state index contributed by atoms with van der Waals surface area (Å²) in [6.07, 6.45) is 7.04. The molecular formula is C9H22ClN. The first kappa shape index (κ1) is 13.8. The lowest BCUT2D eigenvalue weighted by Crippen LogP contribution is -3.05. The smallest absolute Gasteiger partial charge is 0.0766 e. The van der Waals surface area contributed by atoms with Gasteiger partial charge in [0.2, 0.25) is 0 Å². The van der Waals surface area contributed by atoms with Crippen LogP contribution in [0.4, 0.5) is 0 Å². The molecule has 0 aliphatic rings. The number of hydrogen-bond donors (Lipinski definition) is 1. The van der Waals surface area contributed by atoms with Gasteiger partial charge in [0, 0.05) is 0 Å². The van der Waals surface area contributed by atoms with Gasteiger partial charge >= 0.3 is 0 Å². The van der Waals surface area contributed by atoms with Crippen LogP contribution in [0.25, 0.3) is 0 Å². The first-order valence-electron chi connectivity index (χ1n) is 4.56. The standard InChI is InChI=1S/C9H21N.ClH/c1-4-5-6-7-8-9-10(2)3;/h4-9H2,1-3H3;1H. The van der Waals surface area contributed by atoms with E-state index in [9.17, 15) is 0 Å². The maximum atomic E-state index is 2.26. The molecule has 0 aliphatic carbocycles. The Morgan fingerprint density at radius 3 is 1.91 bits per heavy atom. The summed E-state index contributed by atoms with van der Waals surface area (Å²) in [7, 11) is 4.44. The number of halogens is 1. The predicted molar refractivity (Wildman–Crippen MR) is 46.4 cm³/mol. The largest absolute Gasteiger partial charge is 1.00 e. The molecule has 0 aromatic carbocycles. The molecule has 0 bridgehead atoms. The minimum absolute atomic E-state index is 0. The molecule has 0 saturated carbocycles. The van der Waals surface area contributed by atoms with Gasteiger partial charge in [-0.05, 0) is 12.8 Å². The zero-order valence-corrected chi connectivity index (χ0v) is 8.88. The summed E-state index contributed by atoms with van der Waals surface area (Å²) in [5.41, 5.74) is 0. The summed E-state index contributed by atoms with van der Waals surface area (Å²) < 4.78 is 0. The molecule has 70 valence electrons. The first-order chi connectivity index (χ1) is 4.77. The fourth-order valence-electron chi connectivity index (χ4n) is 1.08. The van der Waals surface area contributed by atoms with Crippen molar-refractivity contribution in [3.63, 3.8) is 0 Å². The van der Waals surface area contributed by atoms with Crippen LogP contribution >= 0.6 is 0 Å². The summed E-state index contributed by atoms with van der Waals surface area (Å²) in [4.78, 5) is 1.58. The Bertz CT molecular complexity index is 64.6. The van der Waals surface area contributed by atoms with Gasteiger partial charge in [-0.3, -0.25) is 0 Å². The van der Waals surface area contributed by atoms with Crippen LogP contribution in [0.2, 0.25) is 0 Å². The lowest BCUT2D eigenvalue weighted by Gasteiger charge is -2.05. The molecule has 0 unspecified atom stereocenters. The highest BCUT2D eigenvalue weighted by atomic mass is 35.5. The van der Waals surface area contributed by atoms with Crippen molar-refractivity contribution < 1.29 is 17.3 Å². The van der Waals surface area contributed by atoms with Gasteiger partial charge in [0.25, 0.3) is 0 Å². The molecular weight excluding hydrogens is 158 g/mol. The maximum absolute atomic E-state index is 2.26. The number of hydrogen-bond acceptors (Lipinski definition) is 0. The van der Waals surface area contributed by atoms with Gasteiger partial charge in [0.1, 0.15) is 0 Å². The molecule has 0 spiro atoms. The monoisotopic (exact) mass is 179 g/mol. The van der Waals surface area contributed by atoms with Gasteiger partial charge in [-0.2, -0.15) is 0 Å². The predicted octanol–water partition coefficient (Wildman–Crippen LogP) is -1.89. The van der Waals surface area contributed by atoms with E-state index in [0.29, 0.717) is 0 Å². The fourth-order valence-corrected chi connectivity index (χ4v) is 1.08. The summed E-state index contributed by atoms with van der Waals surface area (Å²) in [5.74, 6) is 0. The lowest BCUT2D eigenvalue weighted by atomic mass is 10.1. The van der Waals surface area contributed by atoms with Gasteiger partial charge in [0.05, 0.1) is 20.6 Å². The summed E-state index contributed by atoms with van der Waals surface area (Å²) in [5, 5.41) is 0. The van der Waals surface area contributed by atoms with Gasteiger partial charge in [-0.15, -0.1) is 0 Å². The van der Waals surface area contributed by atoms with Crippen LogP contribution in [-0.2, 0) is 0 Å². The molecule has 0 radical (unpaired) electrons. The van der Waals surface area contributed by atoms with E-state index in [4.69, 9.17) is 0 Å². The van der Waals surface area contributed by atoms with E-state index >= 15 is 0 Å². The van der Waals surface area contributed by atoms with E-state index in [0.717, 1.165) is 0 Å². The minimum Gasteiger partial charge on any atom is -1.00 e. The van der Waals surface area contributed by atoms with Crippen molar-refractivity contribution in [3.05, 3.63) is 0 Å². The van der Waals surface area contributed by atoms with Crippen molar-refractivity contribution >= 4 is 0 Å². The quantitative estimate of drug-likeness (QED) is 0.455. The molecule has 0 heterocycles. The number of unbranched alkanes of at least 4 members (excludes halogenated alkanes) is 4. The fraction of sp³-hybridized carbons (Fsp3) is 1.00. The lowest BCUT2D eigenvalue weighted by molar-refractivity contribution is -0.858. The van der Waals surface area contributed by atoms with Crippen molar-refractivity contribution in [3.8, 4) is 0 Å². The molecule has 0 amide bonds. The van der Waals surface area contributed by atoms with Gasteiger partial charge in [-0.1, -0.05) is 26.2 Å². The van der Waals surface area contributed by atoms with E-state index in [2.05, 4.69) is 21.0 Å². The molecule has 0 saturated heterocycles. The molecule has 0 aliphatic heterocycles. The molecule has 0 atom stereocenters. The normalized spacial score (nSPS) is 9.82. The van der Waals surface area contributed by atoms with Crippen molar-refractivity contribution in [2.75, 3.05) is 20.6 Å². The van der Waals surface area contributed by atoms with E-state index in [1.54, 1.807) is 4.90 Å². The summed E-state index contributed by atoms with van der Waals surface area (Å²) in [6, 6.07) is 0. The van der Waals surface area contributed by atoms with E-state index in [-0.39, 0.29) is 12.4 Å². The second-order valence-electron chi connectivity index (χ2n) is 3.37. The van der Waals surface area contributed by atoms with Crippen molar-refractivity contribution in [1.29, 1.82) is 0 Å².